The number of rotatable bonds is 6. The zero-order valence-electron chi connectivity index (χ0n) is 13.3. The van der Waals surface area contributed by atoms with E-state index in [0.29, 0.717) is 23.5 Å². The molecule has 0 amide bonds. The standard InChI is InChI=1S/C20H15NO4/c22-20(16-4-2-1-3-5-16)17-8-6-15(7-9-17)14-25-19-12-10-18(11-13-19)21(23)24/h1-13H,14H2. The van der Waals surface area contributed by atoms with Gasteiger partial charge in [-0.25, -0.2) is 0 Å². The van der Waals surface area contributed by atoms with E-state index in [0.717, 1.165) is 5.56 Å². The molecule has 0 aromatic heterocycles. The SMILES string of the molecule is O=C(c1ccccc1)c1ccc(COc2ccc([N+](=O)[O-])cc2)cc1. The van der Waals surface area contributed by atoms with Crippen LogP contribution in [0.5, 0.6) is 5.75 Å². The highest BCUT2D eigenvalue weighted by molar-refractivity contribution is 6.08. The van der Waals surface area contributed by atoms with Crippen LogP contribution in [0.3, 0.4) is 0 Å². The normalized spacial score (nSPS) is 10.2. The van der Waals surface area contributed by atoms with Crippen LogP contribution in [0.2, 0.25) is 0 Å². The van der Waals surface area contributed by atoms with E-state index in [4.69, 9.17) is 4.74 Å². The Morgan fingerprint density at radius 3 is 2.04 bits per heavy atom. The molecule has 0 saturated heterocycles. The summed E-state index contributed by atoms with van der Waals surface area (Å²) in [7, 11) is 0. The number of non-ortho nitro benzene ring substituents is 1. The molecule has 0 aliphatic carbocycles. The van der Waals surface area contributed by atoms with Gasteiger partial charge in [0.15, 0.2) is 5.78 Å². The minimum atomic E-state index is -0.452. The van der Waals surface area contributed by atoms with E-state index in [2.05, 4.69) is 0 Å². The van der Waals surface area contributed by atoms with Crippen LogP contribution in [0.15, 0.2) is 78.9 Å². The molecule has 0 N–H and O–H groups in total. The Morgan fingerprint density at radius 2 is 1.44 bits per heavy atom. The number of hydrogen-bond acceptors (Lipinski definition) is 4. The second-order valence-electron chi connectivity index (χ2n) is 5.43. The third-order valence-corrected chi connectivity index (χ3v) is 3.71. The lowest BCUT2D eigenvalue weighted by Crippen LogP contribution is -2.02. The van der Waals surface area contributed by atoms with Gasteiger partial charge in [0.25, 0.3) is 5.69 Å². The molecule has 5 nitrogen and oxygen atoms in total. The Morgan fingerprint density at radius 1 is 0.840 bits per heavy atom. The average Bonchev–Trinajstić information content (AvgIpc) is 2.67. The van der Waals surface area contributed by atoms with Gasteiger partial charge in [-0.05, 0) is 17.7 Å². The van der Waals surface area contributed by atoms with Crippen molar-refractivity contribution in [1.29, 1.82) is 0 Å². The van der Waals surface area contributed by atoms with Gasteiger partial charge in [-0.15, -0.1) is 0 Å². The van der Waals surface area contributed by atoms with E-state index in [-0.39, 0.29) is 11.5 Å². The molecule has 0 aliphatic heterocycles. The maximum atomic E-state index is 12.3. The Balaban J connectivity index is 1.63. The fourth-order valence-corrected chi connectivity index (χ4v) is 2.34. The molecule has 0 heterocycles. The predicted octanol–water partition coefficient (Wildman–Crippen LogP) is 4.40. The zero-order chi connectivity index (χ0) is 17.6. The van der Waals surface area contributed by atoms with E-state index >= 15 is 0 Å². The summed E-state index contributed by atoms with van der Waals surface area (Å²) in [6.45, 7) is 0.317. The highest BCUT2D eigenvalue weighted by Gasteiger charge is 2.08. The molecule has 0 fully saturated rings. The molecule has 3 aromatic rings. The van der Waals surface area contributed by atoms with Crippen LogP contribution in [0.1, 0.15) is 21.5 Å². The van der Waals surface area contributed by atoms with Gasteiger partial charge in [0.05, 0.1) is 4.92 Å². The van der Waals surface area contributed by atoms with Crippen molar-refractivity contribution >= 4 is 11.5 Å². The van der Waals surface area contributed by atoms with Gasteiger partial charge < -0.3 is 4.74 Å². The van der Waals surface area contributed by atoms with Gasteiger partial charge >= 0.3 is 0 Å². The van der Waals surface area contributed by atoms with Crippen molar-refractivity contribution in [2.24, 2.45) is 0 Å². The van der Waals surface area contributed by atoms with E-state index in [1.165, 1.54) is 12.1 Å². The first-order chi connectivity index (χ1) is 12.1. The molecule has 5 heteroatoms. The lowest BCUT2D eigenvalue weighted by Gasteiger charge is -2.07. The number of ether oxygens (including phenoxy) is 1. The van der Waals surface area contributed by atoms with Crippen LogP contribution in [-0.4, -0.2) is 10.7 Å². The number of ketones is 1. The number of hydrogen-bond donors (Lipinski definition) is 0. The number of nitro benzene ring substituents is 1. The second-order valence-corrected chi connectivity index (χ2v) is 5.43. The Bertz CT molecular complexity index is 872. The Kier molecular flexibility index (Phi) is 4.85. The zero-order valence-corrected chi connectivity index (χ0v) is 13.3. The first-order valence-corrected chi connectivity index (χ1v) is 7.69. The maximum absolute atomic E-state index is 12.3. The predicted molar refractivity (Wildman–Crippen MR) is 93.7 cm³/mol. The molecule has 0 aliphatic rings. The average molecular weight is 333 g/mol. The molecule has 0 radical (unpaired) electrons. The van der Waals surface area contributed by atoms with Crippen molar-refractivity contribution < 1.29 is 14.5 Å². The number of benzene rings is 3. The third-order valence-electron chi connectivity index (χ3n) is 3.71. The lowest BCUT2D eigenvalue weighted by atomic mass is 10.0. The van der Waals surface area contributed by atoms with Crippen molar-refractivity contribution in [2.75, 3.05) is 0 Å². The smallest absolute Gasteiger partial charge is 0.269 e. The van der Waals surface area contributed by atoms with E-state index in [1.54, 1.807) is 36.4 Å². The summed E-state index contributed by atoms with van der Waals surface area (Å²) in [6, 6.07) is 22.2. The van der Waals surface area contributed by atoms with Gasteiger partial charge in [-0.1, -0.05) is 54.6 Å². The van der Waals surface area contributed by atoms with Crippen molar-refractivity contribution in [3.05, 3.63) is 106 Å². The molecule has 0 unspecified atom stereocenters. The molecule has 3 rings (SSSR count). The van der Waals surface area contributed by atoms with Crippen molar-refractivity contribution in [2.45, 2.75) is 6.61 Å². The maximum Gasteiger partial charge on any atom is 0.269 e. The molecule has 25 heavy (non-hydrogen) atoms. The van der Waals surface area contributed by atoms with E-state index < -0.39 is 4.92 Å². The molecular weight excluding hydrogens is 318 g/mol. The van der Waals surface area contributed by atoms with Gasteiger partial charge in [-0.2, -0.15) is 0 Å². The summed E-state index contributed by atoms with van der Waals surface area (Å²) in [5.41, 5.74) is 2.20. The van der Waals surface area contributed by atoms with Gasteiger partial charge in [0, 0.05) is 23.3 Å². The number of nitro groups is 1. The molecule has 0 bridgehead atoms. The minimum Gasteiger partial charge on any atom is -0.489 e. The monoisotopic (exact) mass is 333 g/mol. The fourth-order valence-electron chi connectivity index (χ4n) is 2.34. The van der Waals surface area contributed by atoms with Gasteiger partial charge in [0.2, 0.25) is 0 Å². The summed E-state index contributed by atoms with van der Waals surface area (Å²) in [4.78, 5) is 22.5. The minimum absolute atomic E-state index is 0.0242. The summed E-state index contributed by atoms with van der Waals surface area (Å²) in [6.07, 6.45) is 0. The van der Waals surface area contributed by atoms with Crippen LogP contribution < -0.4 is 4.74 Å². The first-order valence-electron chi connectivity index (χ1n) is 7.69. The van der Waals surface area contributed by atoms with Crippen molar-refractivity contribution in [3.63, 3.8) is 0 Å². The number of carbonyl (C=O) groups is 1. The van der Waals surface area contributed by atoms with Gasteiger partial charge in [0.1, 0.15) is 12.4 Å². The summed E-state index contributed by atoms with van der Waals surface area (Å²) >= 11 is 0. The summed E-state index contributed by atoms with van der Waals surface area (Å²) in [5, 5.41) is 10.6. The Hall–Kier alpha value is -3.47. The molecule has 3 aromatic carbocycles. The van der Waals surface area contributed by atoms with E-state index in [9.17, 15) is 14.9 Å². The van der Waals surface area contributed by atoms with Crippen LogP contribution in [0.4, 0.5) is 5.69 Å². The third kappa shape index (κ3) is 4.09. The molecule has 124 valence electrons. The second kappa shape index (κ2) is 7.40. The molecule has 0 atom stereocenters. The van der Waals surface area contributed by atoms with Crippen molar-refractivity contribution in [3.8, 4) is 5.75 Å². The van der Waals surface area contributed by atoms with Gasteiger partial charge in [-0.3, -0.25) is 14.9 Å². The quantitative estimate of drug-likeness (QED) is 0.381. The lowest BCUT2D eigenvalue weighted by molar-refractivity contribution is -0.384. The fraction of sp³-hybridized carbons (Fsp3) is 0.0500. The molecular formula is C20H15NO4. The molecule has 0 saturated carbocycles. The van der Waals surface area contributed by atoms with Crippen LogP contribution in [0, 0.1) is 10.1 Å². The first kappa shape index (κ1) is 16.4. The Labute approximate surface area is 144 Å². The largest absolute Gasteiger partial charge is 0.489 e. The number of carbonyl (C=O) groups excluding carboxylic acids is 1. The molecule has 0 spiro atoms. The van der Waals surface area contributed by atoms with Crippen LogP contribution in [-0.2, 0) is 6.61 Å². The van der Waals surface area contributed by atoms with Crippen LogP contribution in [0.25, 0.3) is 0 Å². The highest BCUT2D eigenvalue weighted by atomic mass is 16.6. The topological polar surface area (TPSA) is 69.4 Å². The summed E-state index contributed by atoms with van der Waals surface area (Å²) < 4.78 is 5.60. The van der Waals surface area contributed by atoms with E-state index in [1.807, 2.05) is 30.3 Å². The highest BCUT2D eigenvalue weighted by Crippen LogP contribution is 2.19. The number of nitrogens with zero attached hydrogens (tertiary/aromatic N) is 1. The van der Waals surface area contributed by atoms with Crippen LogP contribution >= 0.6 is 0 Å². The summed E-state index contributed by atoms with van der Waals surface area (Å²) in [5.74, 6) is 0.526. The van der Waals surface area contributed by atoms with Crippen molar-refractivity contribution in [1.82, 2.24) is 0 Å².